The lowest BCUT2D eigenvalue weighted by Crippen LogP contribution is -2.48. The van der Waals surface area contributed by atoms with Crippen molar-refractivity contribution in [3.05, 3.63) is 69.3 Å². The molecular formula is C22H23F3N4O4. The molecule has 1 saturated heterocycles. The van der Waals surface area contributed by atoms with E-state index < -0.39 is 22.6 Å². The van der Waals surface area contributed by atoms with Crippen LogP contribution in [0.5, 0.6) is 0 Å². The molecule has 0 N–H and O–H groups in total. The zero-order chi connectivity index (χ0) is 24.3. The van der Waals surface area contributed by atoms with Gasteiger partial charge in [-0.15, -0.1) is 0 Å². The first kappa shape index (κ1) is 24.0. The largest absolute Gasteiger partial charge is 0.416 e. The molecule has 1 aliphatic heterocycles. The predicted molar refractivity (Wildman–Crippen MR) is 115 cm³/mol. The predicted octanol–water partition coefficient (Wildman–Crippen LogP) is 3.55. The van der Waals surface area contributed by atoms with Crippen LogP contribution in [0.2, 0.25) is 0 Å². The molecule has 0 bridgehead atoms. The van der Waals surface area contributed by atoms with E-state index in [-0.39, 0.29) is 23.7 Å². The van der Waals surface area contributed by atoms with Crippen LogP contribution in [0.25, 0.3) is 0 Å². The van der Waals surface area contributed by atoms with Crippen LogP contribution in [0.3, 0.4) is 0 Å². The Morgan fingerprint density at radius 3 is 2.18 bits per heavy atom. The number of benzene rings is 2. The first-order chi connectivity index (χ1) is 15.5. The number of nitrogens with zero attached hydrogens (tertiary/aromatic N) is 4. The quantitative estimate of drug-likeness (QED) is 0.499. The molecular weight excluding hydrogens is 441 g/mol. The number of carbonyl (C=O) groups is 2. The van der Waals surface area contributed by atoms with Crippen LogP contribution in [-0.4, -0.2) is 59.8 Å². The molecule has 176 valence electrons. The van der Waals surface area contributed by atoms with E-state index in [1.54, 1.807) is 9.80 Å². The van der Waals surface area contributed by atoms with Crippen LogP contribution < -0.4 is 4.90 Å². The molecule has 2 aromatic rings. The van der Waals surface area contributed by atoms with Gasteiger partial charge in [0, 0.05) is 58.3 Å². The lowest BCUT2D eigenvalue weighted by Gasteiger charge is -2.35. The van der Waals surface area contributed by atoms with Crippen molar-refractivity contribution in [2.45, 2.75) is 19.6 Å². The number of amides is 2. The molecule has 2 aromatic carbocycles. The Balaban J connectivity index is 1.74. The Hall–Kier alpha value is -3.63. The molecule has 0 radical (unpaired) electrons. The second-order valence-electron chi connectivity index (χ2n) is 7.81. The molecule has 1 heterocycles. The van der Waals surface area contributed by atoms with E-state index in [0.717, 1.165) is 12.1 Å². The Kier molecular flexibility index (Phi) is 6.89. The minimum Gasteiger partial charge on any atom is -0.362 e. The number of hydrogen-bond acceptors (Lipinski definition) is 5. The van der Waals surface area contributed by atoms with Crippen LogP contribution in [0.4, 0.5) is 24.5 Å². The molecule has 1 aliphatic rings. The highest BCUT2D eigenvalue weighted by atomic mass is 19.4. The third kappa shape index (κ3) is 5.60. The molecule has 0 atom stereocenters. The van der Waals surface area contributed by atoms with Crippen molar-refractivity contribution in [2.24, 2.45) is 0 Å². The van der Waals surface area contributed by atoms with Crippen molar-refractivity contribution in [3.63, 3.8) is 0 Å². The normalized spacial score (nSPS) is 14.2. The maximum Gasteiger partial charge on any atom is 0.416 e. The smallest absolute Gasteiger partial charge is 0.362 e. The Morgan fingerprint density at radius 2 is 1.67 bits per heavy atom. The molecule has 3 rings (SSSR count). The van der Waals surface area contributed by atoms with Gasteiger partial charge in [0.1, 0.15) is 5.69 Å². The summed E-state index contributed by atoms with van der Waals surface area (Å²) in [4.78, 5) is 40.2. The first-order valence-corrected chi connectivity index (χ1v) is 10.2. The van der Waals surface area contributed by atoms with Crippen molar-refractivity contribution < 1.29 is 27.7 Å². The highest BCUT2D eigenvalue weighted by molar-refractivity contribution is 5.95. The third-order valence-electron chi connectivity index (χ3n) is 5.53. The molecule has 1 fully saturated rings. The highest BCUT2D eigenvalue weighted by Gasteiger charge is 2.30. The summed E-state index contributed by atoms with van der Waals surface area (Å²) in [5.74, 6) is -0.549. The molecule has 33 heavy (non-hydrogen) atoms. The number of piperazine rings is 1. The van der Waals surface area contributed by atoms with Gasteiger partial charge in [-0.3, -0.25) is 19.7 Å². The van der Waals surface area contributed by atoms with E-state index in [2.05, 4.69) is 0 Å². The average Bonchev–Trinajstić information content (AvgIpc) is 2.78. The fourth-order valence-corrected chi connectivity index (χ4v) is 3.70. The Morgan fingerprint density at radius 1 is 1.06 bits per heavy atom. The van der Waals surface area contributed by atoms with Crippen LogP contribution in [0.1, 0.15) is 28.4 Å². The summed E-state index contributed by atoms with van der Waals surface area (Å²) in [7, 11) is 1.47. The second-order valence-corrected chi connectivity index (χ2v) is 7.81. The number of anilines is 1. The summed E-state index contributed by atoms with van der Waals surface area (Å²) in [5, 5.41) is 11.7. The number of alkyl halides is 3. The van der Waals surface area contributed by atoms with Gasteiger partial charge in [0.15, 0.2) is 0 Å². The zero-order valence-electron chi connectivity index (χ0n) is 18.1. The SMILES string of the molecule is CC(=O)N1CCN(c2ccc(C(=O)N(C)Cc3ccc(C(F)(F)F)cc3)cc2[N+](=O)[O-])CC1. The van der Waals surface area contributed by atoms with Gasteiger partial charge in [-0.2, -0.15) is 13.2 Å². The van der Waals surface area contributed by atoms with E-state index >= 15 is 0 Å². The lowest BCUT2D eigenvalue weighted by atomic mass is 10.1. The van der Waals surface area contributed by atoms with Crippen LogP contribution >= 0.6 is 0 Å². The molecule has 0 saturated carbocycles. The van der Waals surface area contributed by atoms with Gasteiger partial charge in [-0.25, -0.2) is 0 Å². The van der Waals surface area contributed by atoms with E-state index in [0.29, 0.717) is 37.4 Å². The molecule has 0 unspecified atom stereocenters. The van der Waals surface area contributed by atoms with E-state index in [1.807, 2.05) is 0 Å². The number of nitro groups is 1. The third-order valence-corrected chi connectivity index (χ3v) is 5.53. The molecule has 8 nitrogen and oxygen atoms in total. The number of carbonyl (C=O) groups excluding carboxylic acids is 2. The summed E-state index contributed by atoms with van der Waals surface area (Å²) >= 11 is 0. The average molecular weight is 464 g/mol. The second kappa shape index (κ2) is 9.47. The Labute approximate surface area is 188 Å². The number of halogens is 3. The van der Waals surface area contributed by atoms with E-state index in [1.165, 1.54) is 49.2 Å². The number of hydrogen-bond donors (Lipinski definition) is 0. The van der Waals surface area contributed by atoms with Gasteiger partial charge < -0.3 is 14.7 Å². The maximum atomic E-state index is 12.8. The van der Waals surface area contributed by atoms with E-state index in [4.69, 9.17) is 0 Å². The summed E-state index contributed by atoms with van der Waals surface area (Å²) in [6.45, 7) is 3.27. The fourth-order valence-electron chi connectivity index (χ4n) is 3.70. The van der Waals surface area contributed by atoms with Crippen molar-refractivity contribution >= 4 is 23.2 Å². The van der Waals surface area contributed by atoms with Gasteiger partial charge in [-0.05, 0) is 29.8 Å². The summed E-state index contributed by atoms with van der Waals surface area (Å²) in [5.41, 5.74) is -0.0451. The Bertz CT molecular complexity index is 1050. The number of nitro benzene ring substituents is 1. The van der Waals surface area contributed by atoms with Gasteiger partial charge in [0.05, 0.1) is 10.5 Å². The summed E-state index contributed by atoms with van der Waals surface area (Å²) in [6.07, 6.45) is -4.44. The van der Waals surface area contributed by atoms with Gasteiger partial charge in [0.25, 0.3) is 11.6 Å². The molecule has 11 heteroatoms. The van der Waals surface area contributed by atoms with Crippen LogP contribution in [0.15, 0.2) is 42.5 Å². The minimum atomic E-state index is -4.44. The molecule has 2 amide bonds. The standard InChI is InChI=1S/C22H23F3N4O4/c1-15(30)27-9-11-28(12-10-27)19-8-5-17(13-20(19)29(32)33)21(31)26(2)14-16-3-6-18(7-4-16)22(23,24)25/h3-8,13H,9-12,14H2,1-2H3. The number of rotatable bonds is 5. The van der Waals surface area contributed by atoms with Gasteiger partial charge in [-0.1, -0.05) is 12.1 Å². The highest BCUT2D eigenvalue weighted by Crippen LogP contribution is 2.31. The lowest BCUT2D eigenvalue weighted by molar-refractivity contribution is -0.384. The monoisotopic (exact) mass is 464 g/mol. The first-order valence-electron chi connectivity index (χ1n) is 10.2. The summed E-state index contributed by atoms with van der Waals surface area (Å²) < 4.78 is 38.1. The molecule has 0 aliphatic carbocycles. The molecule has 0 spiro atoms. The van der Waals surface area contributed by atoms with Crippen LogP contribution in [0, 0.1) is 10.1 Å². The van der Waals surface area contributed by atoms with Gasteiger partial charge in [0.2, 0.25) is 5.91 Å². The zero-order valence-corrected chi connectivity index (χ0v) is 18.1. The molecule has 0 aromatic heterocycles. The minimum absolute atomic E-state index is 0.0412. The van der Waals surface area contributed by atoms with Crippen molar-refractivity contribution in [1.29, 1.82) is 0 Å². The van der Waals surface area contributed by atoms with Crippen molar-refractivity contribution in [3.8, 4) is 0 Å². The van der Waals surface area contributed by atoms with Gasteiger partial charge >= 0.3 is 6.18 Å². The van der Waals surface area contributed by atoms with Crippen molar-refractivity contribution in [2.75, 3.05) is 38.1 Å². The maximum absolute atomic E-state index is 12.8. The van der Waals surface area contributed by atoms with E-state index in [9.17, 15) is 32.9 Å². The fraction of sp³-hybridized carbons (Fsp3) is 0.364. The topological polar surface area (TPSA) is 87.0 Å². The summed E-state index contributed by atoms with van der Waals surface area (Å²) in [6, 6.07) is 8.68. The van der Waals surface area contributed by atoms with Crippen molar-refractivity contribution in [1.82, 2.24) is 9.80 Å². The van der Waals surface area contributed by atoms with Crippen LogP contribution in [-0.2, 0) is 17.5 Å².